The van der Waals surface area contributed by atoms with Gasteiger partial charge in [-0.15, -0.1) is 0 Å². The van der Waals surface area contributed by atoms with E-state index >= 15 is 0 Å². The Morgan fingerprint density at radius 3 is 2.73 bits per heavy atom. The molecule has 0 atom stereocenters. The summed E-state index contributed by atoms with van der Waals surface area (Å²) < 4.78 is 6.01. The van der Waals surface area contributed by atoms with Crippen LogP contribution in [0.4, 0.5) is 0 Å². The minimum atomic E-state index is -0.0320. The second kappa shape index (κ2) is 9.60. The third kappa shape index (κ3) is 4.99. The van der Waals surface area contributed by atoms with Crippen LogP contribution in [0.1, 0.15) is 34.3 Å². The molecule has 0 bridgehead atoms. The summed E-state index contributed by atoms with van der Waals surface area (Å²) in [6, 6.07) is 13.3. The third-order valence-electron chi connectivity index (χ3n) is 4.57. The summed E-state index contributed by atoms with van der Waals surface area (Å²) in [5.74, 6) is 0.802. The molecule has 2 aromatic carbocycles. The molecule has 1 amide bonds. The molecule has 0 saturated heterocycles. The van der Waals surface area contributed by atoms with Crippen LogP contribution < -0.4 is 15.4 Å². The van der Waals surface area contributed by atoms with Crippen LogP contribution in [0.15, 0.2) is 42.5 Å². The number of nitrogens with one attached hydrogen (secondary N) is 2. The quantitative estimate of drug-likeness (QED) is 0.730. The average Bonchev–Trinajstić information content (AvgIpc) is 2.92. The van der Waals surface area contributed by atoms with E-state index in [2.05, 4.69) is 16.7 Å². The van der Waals surface area contributed by atoms with Crippen molar-refractivity contribution in [1.29, 1.82) is 0 Å². The summed E-state index contributed by atoms with van der Waals surface area (Å²) in [7, 11) is 0. The van der Waals surface area contributed by atoms with E-state index in [0.717, 1.165) is 44.5 Å². The molecule has 0 spiro atoms. The Balaban J connectivity index is 1.43. The molecule has 0 aromatic heterocycles. The van der Waals surface area contributed by atoms with E-state index in [0.29, 0.717) is 23.7 Å². The van der Waals surface area contributed by atoms with Crippen molar-refractivity contribution in [3.63, 3.8) is 0 Å². The first-order chi connectivity index (χ1) is 12.8. The fourth-order valence-corrected chi connectivity index (χ4v) is 3.39. The molecule has 1 aliphatic rings. The number of unbranched alkanes of at least 4 members (excludes halogenated alkanes) is 1. The van der Waals surface area contributed by atoms with Gasteiger partial charge in [0.15, 0.2) is 0 Å². The van der Waals surface area contributed by atoms with Gasteiger partial charge in [0, 0.05) is 17.7 Å². The summed E-state index contributed by atoms with van der Waals surface area (Å²) >= 11 is 6.36. The zero-order chi connectivity index (χ0) is 18.2. The number of halogens is 1. The highest BCUT2D eigenvalue weighted by atomic mass is 35.5. The molecule has 0 unspecified atom stereocenters. The van der Waals surface area contributed by atoms with Gasteiger partial charge in [0.05, 0.1) is 11.6 Å². The van der Waals surface area contributed by atoms with Crippen LogP contribution in [0.3, 0.4) is 0 Å². The molecular formula is C21H25ClN2O2. The first-order valence-electron chi connectivity index (χ1n) is 9.23. The largest absolute Gasteiger partial charge is 0.492 e. The summed E-state index contributed by atoms with van der Waals surface area (Å²) in [6.07, 6.45) is 3.69. The lowest BCUT2D eigenvalue weighted by Crippen LogP contribution is -2.24. The summed E-state index contributed by atoms with van der Waals surface area (Å²) in [5.41, 5.74) is 3.25. The van der Waals surface area contributed by atoms with Crippen LogP contribution in [0.5, 0.6) is 5.75 Å². The van der Waals surface area contributed by atoms with Gasteiger partial charge in [-0.25, -0.2) is 0 Å². The maximum Gasteiger partial charge on any atom is 0.251 e. The fourth-order valence-electron chi connectivity index (χ4n) is 3.16. The van der Waals surface area contributed by atoms with E-state index < -0.39 is 0 Å². The first kappa shape index (κ1) is 18.7. The highest BCUT2D eigenvalue weighted by Crippen LogP contribution is 2.33. The van der Waals surface area contributed by atoms with Crippen molar-refractivity contribution in [1.82, 2.24) is 10.6 Å². The van der Waals surface area contributed by atoms with Crippen molar-refractivity contribution in [3.05, 3.63) is 64.2 Å². The Morgan fingerprint density at radius 2 is 1.88 bits per heavy atom. The number of fused-ring (bicyclic) bond motifs is 1. The predicted octanol–water partition coefficient (Wildman–Crippen LogP) is 3.62. The molecule has 2 aromatic rings. The fraction of sp³-hybridized carbons (Fsp3) is 0.381. The van der Waals surface area contributed by atoms with E-state index in [-0.39, 0.29) is 5.91 Å². The standard InChI is InChI=1S/C21H25ClN2O2/c22-19-9-8-16-10-13-23-14-11-18(16)20(19)26-15-5-4-12-24-21(25)17-6-2-1-3-7-17/h1-3,6-9,23H,4-5,10-15H2,(H,24,25). The number of hydrogen-bond acceptors (Lipinski definition) is 3. The lowest BCUT2D eigenvalue weighted by atomic mass is 10.0. The Labute approximate surface area is 159 Å². The Hall–Kier alpha value is -2.04. The van der Waals surface area contributed by atoms with E-state index in [9.17, 15) is 4.79 Å². The van der Waals surface area contributed by atoms with Gasteiger partial charge in [-0.05, 0) is 62.5 Å². The molecule has 3 rings (SSSR count). The van der Waals surface area contributed by atoms with Gasteiger partial charge in [0.1, 0.15) is 5.75 Å². The normalized spacial score (nSPS) is 13.6. The maximum absolute atomic E-state index is 12.0. The molecule has 0 radical (unpaired) electrons. The zero-order valence-electron chi connectivity index (χ0n) is 14.9. The van der Waals surface area contributed by atoms with Crippen LogP contribution in [0.25, 0.3) is 0 Å². The number of carbonyl (C=O) groups excluding carboxylic acids is 1. The molecule has 0 aliphatic carbocycles. The highest BCUT2D eigenvalue weighted by molar-refractivity contribution is 6.32. The monoisotopic (exact) mass is 372 g/mol. The Morgan fingerprint density at radius 1 is 1.08 bits per heavy atom. The summed E-state index contributed by atoms with van der Waals surface area (Å²) in [5, 5.41) is 7.03. The van der Waals surface area contributed by atoms with Crippen LogP contribution >= 0.6 is 11.6 Å². The van der Waals surface area contributed by atoms with Crippen molar-refractivity contribution < 1.29 is 9.53 Å². The lowest BCUT2D eigenvalue weighted by molar-refractivity contribution is 0.0952. The Kier molecular flexibility index (Phi) is 6.92. The molecule has 138 valence electrons. The van der Waals surface area contributed by atoms with Crippen LogP contribution in [-0.2, 0) is 12.8 Å². The third-order valence-corrected chi connectivity index (χ3v) is 4.87. The average molecular weight is 373 g/mol. The molecule has 2 N–H and O–H groups in total. The summed E-state index contributed by atoms with van der Waals surface area (Å²) in [4.78, 5) is 12.0. The number of hydrogen-bond donors (Lipinski definition) is 2. The molecular weight excluding hydrogens is 348 g/mol. The van der Waals surface area contributed by atoms with E-state index in [4.69, 9.17) is 16.3 Å². The van der Waals surface area contributed by atoms with Gasteiger partial charge in [0.2, 0.25) is 0 Å². The van der Waals surface area contributed by atoms with E-state index in [1.54, 1.807) is 0 Å². The lowest BCUT2D eigenvalue weighted by Gasteiger charge is -2.15. The number of benzene rings is 2. The van der Waals surface area contributed by atoms with Gasteiger partial charge in [-0.3, -0.25) is 4.79 Å². The molecule has 0 fully saturated rings. The second-order valence-corrected chi connectivity index (χ2v) is 6.85. The summed E-state index contributed by atoms with van der Waals surface area (Å²) in [6.45, 7) is 3.19. The molecule has 1 heterocycles. The molecule has 5 heteroatoms. The van der Waals surface area contributed by atoms with Gasteiger partial charge < -0.3 is 15.4 Å². The van der Waals surface area contributed by atoms with Crippen molar-refractivity contribution in [3.8, 4) is 5.75 Å². The zero-order valence-corrected chi connectivity index (χ0v) is 15.6. The number of rotatable bonds is 7. The van der Waals surface area contributed by atoms with Crippen molar-refractivity contribution in [2.24, 2.45) is 0 Å². The van der Waals surface area contributed by atoms with Crippen molar-refractivity contribution in [2.45, 2.75) is 25.7 Å². The Bertz CT molecular complexity index is 734. The van der Waals surface area contributed by atoms with Gasteiger partial charge in [0.25, 0.3) is 5.91 Å². The maximum atomic E-state index is 12.0. The number of amides is 1. The molecule has 4 nitrogen and oxygen atoms in total. The van der Waals surface area contributed by atoms with Crippen molar-refractivity contribution >= 4 is 17.5 Å². The van der Waals surface area contributed by atoms with Crippen molar-refractivity contribution in [2.75, 3.05) is 26.2 Å². The van der Waals surface area contributed by atoms with Crippen LogP contribution in [0, 0.1) is 0 Å². The second-order valence-electron chi connectivity index (χ2n) is 6.44. The highest BCUT2D eigenvalue weighted by Gasteiger charge is 2.15. The predicted molar refractivity (Wildman–Crippen MR) is 105 cm³/mol. The SMILES string of the molecule is O=C(NCCCCOc1c(Cl)ccc2c1CCNCC2)c1ccccc1. The molecule has 0 saturated carbocycles. The molecule has 26 heavy (non-hydrogen) atoms. The van der Waals surface area contributed by atoms with Gasteiger partial charge in [-0.1, -0.05) is 35.9 Å². The molecule has 1 aliphatic heterocycles. The number of ether oxygens (including phenoxy) is 1. The van der Waals surface area contributed by atoms with E-state index in [1.165, 1.54) is 11.1 Å². The number of carbonyl (C=O) groups is 1. The van der Waals surface area contributed by atoms with Gasteiger partial charge >= 0.3 is 0 Å². The topological polar surface area (TPSA) is 50.4 Å². The van der Waals surface area contributed by atoms with Crippen LogP contribution in [0.2, 0.25) is 5.02 Å². The van der Waals surface area contributed by atoms with Crippen LogP contribution in [-0.4, -0.2) is 32.1 Å². The first-order valence-corrected chi connectivity index (χ1v) is 9.60. The minimum absolute atomic E-state index is 0.0320. The minimum Gasteiger partial charge on any atom is -0.492 e. The smallest absolute Gasteiger partial charge is 0.251 e. The van der Waals surface area contributed by atoms with E-state index in [1.807, 2.05) is 36.4 Å². The van der Waals surface area contributed by atoms with Gasteiger partial charge in [-0.2, -0.15) is 0 Å².